The van der Waals surface area contributed by atoms with E-state index in [-0.39, 0.29) is 0 Å². The number of ether oxygens (including phenoxy) is 1. The van der Waals surface area contributed by atoms with Crippen molar-refractivity contribution in [2.24, 2.45) is 0 Å². The maximum Gasteiger partial charge on any atom is 0.0645 e. The fraction of sp³-hybridized carbons (Fsp3) is 0.455. The quantitative estimate of drug-likeness (QED) is 0.552. The van der Waals surface area contributed by atoms with Crippen LogP contribution in [0.1, 0.15) is 9.75 Å². The lowest BCUT2D eigenvalue weighted by atomic mass is 10.4. The molecule has 0 saturated carbocycles. The van der Waals surface area contributed by atoms with Gasteiger partial charge < -0.3 is 10.1 Å². The van der Waals surface area contributed by atoms with Gasteiger partial charge in [0.15, 0.2) is 0 Å². The predicted molar refractivity (Wildman–Crippen MR) is 61.8 cm³/mol. The van der Waals surface area contributed by atoms with Gasteiger partial charge in [-0.3, -0.25) is 0 Å². The lowest BCUT2D eigenvalue weighted by Gasteiger charge is -2.02. The second-order valence-corrected chi connectivity index (χ2v) is 4.43. The first-order valence-electron chi connectivity index (χ1n) is 4.77. The monoisotopic (exact) mass is 211 g/mol. The SMILES string of the molecule is C=CCOCCNCc1ccc(C)s1. The molecular weight excluding hydrogens is 194 g/mol. The maximum atomic E-state index is 5.25. The zero-order valence-electron chi connectivity index (χ0n) is 8.58. The van der Waals surface area contributed by atoms with Gasteiger partial charge in [0.2, 0.25) is 0 Å². The standard InChI is InChI=1S/C11H17NOS/c1-3-7-13-8-6-12-9-11-5-4-10(2)14-11/h3-5,12H,1,6-9H2,2H3. The highest BCUT2D eigenvalue weighted by Crippen LogP contribution is 2.14. The molecule has 1 aromatic heterocycles. The summed E-state index contributed by atoms with van der Waals surface area (Å²) in [7, 11) is 0. The van der Waals surface area contributed by atoms with Crippen LogP contribution in [0.3, 0.4) is 0 Å². The third kappa shape index (κ3) is 4.56. The Morgan fingerprint density at radius 3 is 3.07 bits per heavy atom. The number of hydrogen-bond donors (Lipinski definition) is 1. The largest absolute Gasteiger partial charge is 0.376 e. The maximum absolute atomic E-state index is 5.25. The number of hydrogen-bond acceptors (Lipinski definition) is 3. The predicted octanol–water partition coefficient (Wildman–Crippen LogP) is 2.35. The molecule has 0 saturated heterocycles. The molecule has 2 nitrogen and oxygen atoms in total. The van der Waals surface area contributed by atoms with Crippen LogP contribution in [-0.4, -0.2) is 19.8 Å². The first-order chi connectivity index (χ1) is 6.83. The van der Waals surface area contributed by atoms with Gasteiger partial charge in [0, 0.05) is 22.8 Å². The van der Waals surface area contributed by atoms with Crippen molar-refractivity contribution in [3.05, 3.63) is 34.5 Å². The smallest absolute Gasteiger partial charge is 0.0645 e. The normalized spacial score (nSPS) is 10.4. The summed E-state index contributed by atoms with van der Waals surface area (Å²) in [5, 5.41) is 3.33. The lowest BCUT2D eigenvalue weighted by molar-refractivity contribution is 0.164. The summed E-state index contributed by atoms with van der Waals surface area (Å²) in [6.07, 6.45) is 1.77. The van der Waals surface area contributed by atoms with Gasteiger partial charge in [0.1, 0.15) is 0 Å². The molecule has 0 bridgehead atoms. The summed E-state index contributed by atoms with van der Waals surface area (Å²) >= 11 is 1.84. The second-order valence-electron chi connectivity index (χ2n) is 3.05. The summed E-state index contributed by atoms with van der Waals surface area (Å²) in [5.41, 5.74) is 0. The molecule has 1 N–H and O–H groups in total. The van der Waals surface area contributed by atoms with Crippen molar-refractivity contribution in [1.82, 2.24) is 5.32 Å². The second kappa shape index (κ2) is 6.76. The summed E-state index contributed by atoms with van der Waals surface area (Å²) in [5.74, 6) is 0. The van der Waals surface area contributed by atoms with E-state index >= 15 is 0 Å². The van der Waals surface area contributed by atoms with Gasteiger partial charge in [-0.15, -0.1) is 17.9 Å². The van der Waals surface area contributed by atoms with E-state index in [9.17, 15) is 0 Å². The Balaban J connectivity index is 2.01. The molecule has 3 heteroatoms. The van der Waals surface area contributed by atoms with Gasteiger partial charge in [-0.2, -0.15) is 0 Å². The van der Waals surface area contributed by atoms with E-state index in [0.29, 0.717) is 6.61 Å². The van der Waals surface area contributed by atoms with Crippen molar-refractivity contribution in [3.63, 3.8) is 0 Å². The molecule has 0 fully saturated rings. The average molecular weight is 211 g/mol. The van der Waals surface area contributed by atoms with Crippen molar-refractivity contribution in [2.75, 3.05) is 19.8 Å². The van der Waals surface area contributed by atoms with E-state index in [4.69, 9.17) is 4.74 Å². The zero-order valence-corrected chi connectivity index (χ0v) is 9.40. The van der Waals surface area contributed by atoms with Crippen molar-refractivity contribution in [1.29, 1.82) is 0 Å². The fourth-order valence-corrected chi connectivity index (χ4v) is 1.96. The van der Waals surface area contributed by atoms with Crippen molar-refractivity contribution >= 4 is 11.3 Å². The Hall–Kier alpha value is -0.640. The number of thiophene rings is 1. The van der Waals surface area contributed by atoms with Crippen molar-refractivity contribution < 1.29 is 4.74 Å². The van der Waals surface area contributed by atoms with E-state index in [0.717, 1.165) is 19.7 Å². The van der Waals surface area contributed by atoms with Gasteiger partial charge in [0.05, 0.1) is 13.2 Å². The Bertz CT molecular complexity index is 270. The zero-order chi connectivity index (χ0) is 10.2. The summed E-state index contributed by atoms with van der Waals surface area (Å²) in [4.78, 5) is 2.75. The first-order valence-corrected chi connectivity index (χ1v) is 5.59. The Morgan fingerprint density at radius 2 is 2.43 bits per heavy atom. The topological polar surface area (TPSA) is 21.3 Å². The van der Waals surface area contributed by atoms with E-state index in [1.807, 2.05) is 11.3 Å². The van der Waals surface area contributed by atoms with Gasteiger partial charge in [0.25, 0.3) is 0 Å². The van der Waals surface area contributed by atoms with Crippen molar-refractivity contribution in [3.8, 4) is 0 Å². The molecule has 0 spiro atoms. The van der Waals surface area contributed by atoms with Crippen LogP contribution < -0.4 is 5.32 Å². The molecule has 0 radical (unpaired) electrons. The summed E-state index contributed by atoms with van der Waals surface area (Å²) in [6.45, 7) is 8.93. The molecule has 0 amide bonds. The van der Waals surface area contributed by atoms with E-state index in [1.165, 1.54) is 9.75 Å². The average Bonchev–Trinajstić information content (AvgIpc) is 2.58. The van der Waals surface area contributed by atoms with Crippen LogP contribution in [0.2, 0.25) is 0 Å². The van der Waals surface area contributed by atoms with Gasteiger partial charge in [-0.05, 0) is 19.1 Å². The molecule has 0 aliphatic carbocycles. The minimum absolute atomic E-state index is 0.639. The molecule has 14 heavy (non-hydrogen) atoms. The molecule has 0 aliphatic rings. The molecule has 1 rings (SSSR count). The fourth-order valence-electron chi connectivity index (χ4n) is 1.10. The molecule has 0 atom stereocenters. The summed E-state index contributed by atoms with van der Waals surface area (Å²) < 4.78 is 5.25. The van der Waals surface area contributed by atoms with Crippen molar-refractivity contribution in [2.45, 2.75) is 13.5 Å². The third-order valence-electron chi connectivity index (χ3n) is 1.75. The van der Waals surface area contributed by atoms with E-state index < -0.39 is 0 Å². The molecule has 0 aliphatic heterocycles. The minimum atomic E-state index is 0.639. The number of rotatable bonds is 7. The van der Waals surface area contributed by atoms with Crippen LogP contribution in [0.4, 0.5) is 0 Å². The number of nitrogens with one attached hydrogen (secondary N) is 1. The van der Waals surface area contributed by atoms with Gasteiger partial charge in [-0.25, -0.2) is 0 Å². The van der Waals surface area contributed by atoms with E-state index in [2.05, 4.69) is 31.0 Å². The lowest BCUT2D eigenvalue weighted by Crippen LogP contribution is -2.18. The first kappa shape index (κ1) is 11.4. The highest BCUT2D eigenvalue weighted by atomic mass is 32.1. The molecule has 0 aromatic carbocycles. The molecule has 1 aromatic rings. The van der Waals surface area contributed by atoms with Gasteiger partial charge in [-0.1, -0.05) is 6.08 Å². The minimum Gasteiger partial charge on any atom is -0.376 e. The van der Waals surface area contributed by atoms with Crippen LogP contribution in [-0.2, 0) is 11.3 Å². The van der Waals surface area contributed by atoms with E-state index in [1.54, 1.807) is 6.08 Å². The molecular formula is C11H17NOS. The Kier molecular flexibility index (Phi) is 5.52. The Morgan fingerprint density at radius 1 is 1.57 bits per heavy atom. The molecule has 0 unspecified atom stereocenters. The van der Waals surface area contributed by atoms with Crippen LogP contribution in [0.5, 0.6) is 0 Å². The third-order valence-corrected chi connectivity index (χ3v) is 2.75. The van der Waals surface area contributed by atoms with Crippen LogP contribution >= 0.6 is 11.3 Å². The van der Waals surface area contributed by atoms with Crippen LogP contribution in [0, 0.1) is 6.92 Å². The summed E-state index contributed by atoms with van der Waals surface area (Å²) in [6, 6.07) is 4.31. The highest BCUT2D eigenvalue weighted by Gasteiger charge is 1.95. The molecule has 1 heterocycles. The number of aryl methyl sites for hydroxylation is 1. The Labute approximate surface area is 89.6 Å². The van der Waals surface area contributed by atoms with Gasteiger partial charge >= 0.3 is 0 Å². The van der Waals surface area contributed by atoms with Crippen LogP contribution in [0.25, 0.3) is 0 Å². The van der Waals surface area contributed by atoms with Crippen LogP contribution in [0.15, 0.2) is 24.8 Å². The highest BCUT2D eigenvalue weighted by molar-refractivity contribution is 7.11. The molecule has 78 valence electrons.